The highest BCUT2D eigenvalue weighted by Crippen LogP contribution is 2.33. The van der Waals surface area contributed by atoms with Crippen molar-refractivity contribution < 1.29 is 23.3 Å². The molecule has 0 radical (unpaired) electrons. The summed E-state index contributed by atoms with van der Waals surface area (Å²) < 4.78 is 24.0. The number of carbonyl (C=O) groups is 2. The highest BCUT2D eigenvalue weighted by molar-refractivity contribution is 5.97. The van der Waals surface area contributed by atoms with Crippen molar-refractivity contribution in [1.29, 1.82) is 0 Å². The Morgan fingerprint density at radius 2 is 1.49 bits per heavy atom. The molecule has 2 heterocycles. The molecule has 0 spiro atoms. The molecular formula is C32H33FN4O4. The van der Waals surface area contributed by atoms with Gasteiger partial charge in [0.25, 0.3) is 5.91 Å². The van der Waals surface area contributed by atoms with Gasteiger partial charge in [-0.05, 0) is 103 Å². The van der Waals surface area contributed by atoms with Crippen molar-refractivity contribution in [2.45, 2.75) is 52.2 Å². The highest BCUT2D eigenvalue weighted by atomic mass is 19.1. The third-order valence-electron chi connectivity index (χ3n) is 7.07. The van der Waals surface area contributed by atoms with E-state index in [-0.39, 0.29) is 23.9 Å². The SMILES string of the molecule is C[C@@H](NC(=O)c1ccc2nonc2c1)c1ccc(C(=C2CCN(C(=O)OC(C)(C)C)CC2)c2ccc(F)cc2)cc1. The molecule has 0 unspecified atom stereocenters. The van der Waals surface area contributed by atoms with Gasteiger partial charge in [-0.25, -0.2) is 13.8 Å². The summed E-state index contributed by atoms with van der Waals surface area (Å²) in [5.41, 5.74) is 6.11. The van der Waals surface area contributed by atoms with Gasteiger partial charge in [-0.3, -0.25) is 4.79 Å². The Balaban J connectivity index is 1.35. The van der Waals surface area contributed by atoms with Crippen molar-refractivity contribution in [2.24, 2.45) is 0 Å². The predicted molar refractivity (Wildman–Crippen MR) is 154 cm³/mol. The van der Waals surface area contributed by atoms with Crippen LogP contribution < -0.4 is 5.32 Å². The number of rotatable bonds is 5. The minimum atomic E-state index is -0.549. The molecule has 1 saturated heterocycles. The summed E-state index contributed by atoms with van der Waals surface area (Å²) in [6.45, 7) is 8.60. The van der Waals surface area contributed by atoms with Crippen LogP contribution in [0.15, 0.2) is 76.9 Å². The van der Waals surface area contributed by atoms with Crippen LogP contribution in [-0.2, 0) is 4.74 Å². The van der Waals surface area contributed by atoms with Crippen LogP contribution in [0.5, 0.6) is 0 Å². The van der Waals surface area contributed by atoms with Gasteiger partial charge in [0, 0.05) is 18.7 Å². The average Bonchev–Trinajstić information content (AvgIpc) is 3.42. The molecule has 3 aromatic carbocycles. The summed E-state index contributed by atoms with van der Waals surface area (Å²) in [6, 6.07) is 19.3. The number of aromatic nitrogens is 2. The number of nitrogens with one attached hydrogen (secondary N) is 1. The van der Waals surface area contributed by atoms with Gasteiger partial charge in [-0.1, -0.05) is 42.0 Å². The maximum atomic E-state index is 13.8. The molecular weight excluding hydrogens is 523 g/mol. The van der Waals surface area contributed by atoms with Crippen molar-refractivity contribution >= 4 is 28.6 Å². The molecule has 1 N–H and O–H groups in total. The van der Waals surface area contributed by atoms with Gasteiger partial charge in [-0.2, -0.15) is 0 Å². The Hall–Kier alpha value is -4.53. The number of halogens is 1. The third-order valence-corrected chi connectivity index (χ3v) is 7.07. The summed E-state index contributed by atoms with van der Waals surface area (Å²) >= 11 is 0. The van der Waals surface area contributed by atoms with Gasteiger partial charge < -0.3 is 15.0 Å². The Labute approximate surface area is 238 Å². The zero-order chi connectivity index (χ0) is 29.1. The second-order valence-corrected chi connectivity index (χ2v) is 11.2. The molecule has 2 amide bonds. The number of carbonyl (C=O) groups excluding carboxylic acids is 2. The first kappa shape index (κ1) is 28.0. The minimum absolute atomic E-state index is 0.225. The number of amides is 2. The summed E-state index contributed by atoms with van der Waals surface area (Å²) in [4.78, 5) is 27.2. The number of hydrogen-bond acceptors (Lipinski definition) is 6. The van der Waals surface area contributed by atoms with Crippen molar-refractivity contribution in [1.82, 2.24) is 20.5 Å². The highest BCUT2D eigenvalue weighted by Gasteiger charge is 2.26. The summed E-state index contributed by atoms with van der Waals surface area (Å²) in [6.07, 6.45) is 1.06. The molecule has 41 heavy (non-hydrogen) atoms. The van der Waals surface area contributed by atoms with E-state index in [1.165, 1.54) is 17.7 Å². The van der Waals surface area contributed by atoms with Gasteiger partial charge in [0.2, 0.25) is 0 Å². The topological polar surface area (TPSA) is 97.6 Å². The monoisotopic (exact) mass is 556 g/mol. The molecule has 9 heteroatoms. The first-order chi connectivity index (χ1) is 19.6. The molecule has 5 rings (SSSR count). The van der Waals surface area contributed by atoms with Gasteiger partial charge in [0.05, 0.1) is 6.04 Å². The Morgan fingerprint density at radius 1 is 0.902 bits per heavy atom. The van der Waals surface area contributed by atoms with Gasteiger partial charge >= 0.3 is 6.09 Å². The number of likely N-dealkylation sites (tertiary alicyclic amines) is 1. The van der Waals surface area contributed by atoms with Crippen molar-refractivity contribution in [3.63, 3.8) is 0 Å². The lowest BCUT2D eigenvalue weighted by Crippen LogP contribution is -2.40. The zero-order valence-electron chi connectivity index (χ0n) is 23.6. The largest absolute Gasteiger partial charge is 0.444 e. The van der Waals surface area contributed by atoms with E-state index >= 15 is 0 Å². The van der Waals surface area contributed by atoms with Crippen LogP contribution in [0.25, 0.3) is 16.6 Å². The smallest absolute Gasteiger partial charge is 0.410 e. The van der Waals surface area contributed by atoms with Crippen LogP contribution in [0.4, 0.5) is 9.18 Å². The molecule has 0 aliphatic carbocycles. The van der Waals surface area contributed by atoms with E-state index in [9.17, 15) is 14.0 Å². The van der Waals surface area contributed by atoms with E-state index < -0.39 is 5.60 Å². The summed E-state index contributed by atoms with van der Waals surface area (Å²) in [5, 5.41) is 10.6. The lowest BCUT2D eigenvalue weighted by Gasteiger charge is -2.32. The third kappa shape index (κ3) is 6.62. The van der Waals surface area contributed by atoms with E-state index in [4.69, 9.17) is 9.37 Å². The zero-order valence-corrected chi connectivity index (χ0v) is 23.6. The van der Waals surface area contributed by atoms with Gasteiger partial charge in [-0.15, -0.1) is 0 Å². The molecule has 1 atom stereocenters. The lowest BCUT2D eigenvalue weighted by molar-refractivity contribution is 0.0236. The van der Waals surface area contributed by atoms with Gasteiger partial charge in [0.1, 0.15) is 22.5 Å². The van der Waals surface area contributed by atoms with Gasteiger partial charge in [0.15, 0.2) is 0 Å². The molecule has 1 aliphatic heterocycles. The number of fused-ring (bicyclic) bond motifs is 1. The Morgan fingerprint density at radius 3 is 2.12 bits per heavy atom. The summed E-state index contributed by atoms with van der Waals surface area (Å²) in [5.74, 6) is -0.519. The van der Waals surface area contributed by atoms with Crippen LogP contribution >= 0.6 is 0 Å². The van der Waals surface area contributed by atoms with Crippen molar-refractivity contribution in [3.05, 3.63) is 100 Å². The Bertz CT molecular complexity index is 1580. The Kier molecular flexibility index (Phi) is 7.88. The van der Waals surface area contributed by atoms with E-state index in [2.05, 4.69) is 15.6 Å². The van der Waals surface area contributed by atoms with E-state index in [0.29, 0.717) is 42.5 Å². The van der Waals surface area contributed by atoms with Crippen LogP contribution in [0.3, 0.4) is 0 Å². The number of nitrogens with zero attached hydrogens (tertiary/aromatic N) is 3. The van der Waals surface area contributed by atoms with Crippen LogP contribution in [0, 0.1) is 5.82 Å². The van der Waals surface area contributed by atoms with Crippen LogP contribution in [0.2, 0.25) is 0 Å². The maximum absolute atomic E-state index is 13.8. The quantitative estimate of drug-likeness (QED) is 0.294. The fourth-order valence-corrected chi connectivity index (χ4v) is 4.95. The number of benzene rings is 3. The number of piperidine rings is 1. The lowest BCUT2D eigenvalue weighted by atomic mass is 9.88. The van der Waals surface area contributed by atoms with Crippen LogP contribution in [0.1, 0.15) is 73.6 Å². The first-order valence-corrected chi connectivity index (χ1v) is 13.7. The molecule has 0 saturated carbocycles. The second-order valence-electron chi connectivity index (χ2n) is 11.2. The first-order valence-electron chi connectivity index (χ1n) is 13.7. The minimum Gasteiger partial charge on any atom is -0.444 e. The van der Waals surface area contributed by atoms with Crippen molar-refractivity contribution in [2.75, 3.05) is 13.1 Å². The molecule has 1 fully saturated rings. The predicted octanol–water partition coefficient (Wildman–Crippen LogP) is 6.69. The average molecular weight is 557 g/mol. The molecule has 1 aromatic heterocycles. The molecule has 8 nitrogen and oxygen atoms in total. The van der Waals surface area contributed by atoms with E-state index in [1.807, 2.05) is 52.0 Å². The second kappa shape index (κ2) is 11.5. The fraction of sp³-hybridized carbons (Fsp3) is 0.312. The molecule has 1 aliphatic rings. The maximum Gasteiger partial charge on any atom is 0.410 e. The summed E-state index contributed by atoms with van der Waals surface area (Å²) in [7, 11) is 0. The fourth-order valence-electron chi connectivity index (χ4n) is 4.95. The van der Waals surface area contributed by atoms with Crippen molar-refractivity contribution in [3.8, 4) is 0 Å². The van der Waals surface area contributed by atoms with E-state index in [0.717, 1.165) is 22.3 Å². The standard InChI is InChI=1S/C32H33FN4O4/c1-20(34-30(38)25-11-14-27-28(19-25)36-41-35-27)21-5-7-22(8-6-21)29(23-9-12-26(33)13-10-23)24-15-17-37(18-16-24)31(39)40-32(2,3)4/h5-14,19-20H,15-18H2,1-4H3,(H,34,38)/t20-/m1/s1. The molecule has 212 valence electrons. The number of ether oxygens (including phenoxy) is 1. The van der Waals surface area contributed by atoms with Crippen LogP contribution in [-0.4, -0.2) is 45.9 Å². The molecule has 4 aromatic rings. The normalized spacial score (nSPS) is 14.6. The van der Waals surface area contributed by atoms with E-state index in [1.54, 1.807) is 35.2 Å². The number of hydrogen-bond donors (Lipinski definition) is 1. The molecule has 0 bridgehead atoms.